The van der Waals surface area contributed by atoms with Gasteiger partial charge in [0.15, 0.2) is 11.2 Å². The van der Waals surface area contributed by atoms with E-state index in [1.54, 1.807) is 6.92 Å². The monoisotopic (exact) mass is 411 g/mol. The maximum atomic E-state index is 13.1. The molecule has 8 nitrogen and oxygen atoms in total. The zero-order valence-electron chi connectivity index (χ0n) is 16.0. The minimum absolute atomic E-state index is 0.0695. The van der Waals surface area contributed by atoms with Crippen LogP contribution in [0.15, 0.2) is 33.9 Å². The van der Waals surface area contributed by atoms with Gasteiger partial charge in [-0.25, -0.2) is 4.79 Å². The molecule has 0 radical (unpaired) electrons. The molecule has 0 aliphatic carbocycles. The van der Waals surface area contributed by atoms with Gasteiger partial charge in [0, 0.05) is 20.6 Å². The number of aryl methyl sites for hydroxylation is 1. The summed E-state index contributed by atoms with van der Waals surface area (Å²) in [5.41, 5.74) is -1.53. The number of hydrogen-bond acceptors (Lipinski definition) is 5. The molecule has 0 saturated heterocycles. The maximum absolute atomic E-state index is 13.1. The molecular formula is C18H20F3N5O3. The van der Waals surface area contributed by atoms with Gasteiger partial charge in [0.2, 0.25) is 5.95 Å². The highest BCUT2D eigenvalue weighted by atomic mass is 19.4. The van der Waals surface area contributed by atoms with E-state index in [9.17, 15) is 27.9 Å². The molecule has 0 unspecified atom stereocenters. The molecule has 2 N–H and O–H groups in total. The van der Waals surface area contributed by atoms with E-state index in [-0.39, 0.29) is 30.2 Å². The first-order valence-corrected chi connectivity index (χ1v) is 8.75. The van der Waals surface area contributed by atoms with Crippen molar-refractivity contribution < 1.29 is 18.3 Å². The van der Waals surface area contributed by atoms with Crippen molar-refractivity contribution in [3.05, 3.63) is 56.2 Å². The lowest BCUT2D eigenvalue weighted by Crippen LogP contribution is -2.37. The number of hydrogen-bond donors (Lipinski definition) is 2. The Morgan fingerprint density at radius 2 is 1.90 bits per heavy atom. The van der Waals surface area contributed by atoms with Gasteiger partial charge < -0.3 is 10.4 Å². The van der Waals surface area contributed by atoms with Gasteiger partial charge in [-0.15, -0.1) is 0 Å². The molecule has 0 amide bonds. The topological polar surface area (TPSA) is 94.1 Å². The molecule has 0 aliphatic heterocycles. The van der Waals surface area contributed by atoms with Gasteiger partial charge in [-0.3, -0.25) is 18.5 Å². The summed E-state index contributed by atoms with van der Waals surface area (Å²) in [6.07, 6.45) is -5.23. The molecule has 29 heavy (non-hydrogen) atoms. The Morgan fingerprint density at radius 3 is 2.52 bits per heavy atom. The number of nitrogens with one attached hydrogen (secondary N) is 1. The number of halogens is 3. The van der Waals surface area contributed by atoms with Crippen LogP contribution in [-0.2, 0) is 26.8 Å². The fraction of sp³-hybridized carbons (Fsp3) is 0.389. The van der Waals surface area contributed by atoms with E-state index in [2.05, 4.69) is 10.3 Å². The Bertz CT molecular complexity index is 1170. The van der Waals surface area contributed by atoms with E-state index in [1.165, 1.54) is 35.4 Å². The first kappa shape index (κ1) is 20.6. The number of aliphatic hydroxyl groups excluding tert-OH is 1. The lowest BCUT2D eigenvalue weighted by molar-refractivity contribution is -0.137. The summed E-state index contributed by atoms with van der Waals surface area (Å²) in [7, 11) is 2.76. The molecule has 0 fully saturated rings. The van der Waals surface area contributed by atoms with Crippen LogP contribution in [0.4, 0.5) is 19.1 Å². The van der Waals surface area contributed by atoms with Gasteiger partial charge >= 0.3 is 11.9 Å². The number of rotatable bonds is 5. The standard InChI is InChI=1S/C18H20F3N5O3/c1-10(27)8-22-16-23-14-13(15(28)25(3)17(29)24(14)2)26(16)9-11-5-4-6-12(7-11)18(19,20)21/h4-7,10,27H,8-9H2,1-3H3,(H,22,23)/t10-/m0/s1. The van der Waals surface area contributed by atoms with Crippen LogP contribution in [0.2, 0.25) is 0 Å². The molecule has 156 valence electrons. The molecule has 2 heterocycles. The van der Waals surface area contributed by atoms with Crippen molar-refractivity contribution in [3.8, 4) is 0 Å². The second-order valence-corrected chi connectivity index (χ2v) is 6.83. The van der Waals surface area contributed by atoms with Gasteiger partial charge in [0.1, 0.15) is 0 Å². The summed E-state index contributed by atoms with van der Waals surface area (Å²) in [4.78, 5) is 29.2. The molecule has 1 atom stereocenters. The average molecular weight is 411 g/mol. The third kappa shape index (κ3) is 3.90. The Labute approximate surface area is 162 Å². The second-order valence-electron chi connectivity index (χ2n) is 6.83. The Hall–Kier alpha value is -3.08. The fourth-order valence-corrected chi connectivity index (χ4v) is 3.00. The summed E-state index contributed by atoms with van der Waals surface area (Å²) in [5.74, 6) is 0.164. The van der Waals surface area contributed by atoms with Crippen LogP contribution in [0.25, 0.3) is 11.2 Å². The van der Waals surface area contributed by atoms with E-state index in [1.807, 2.05) is 0 Å². The van der Waals surface area contributed by atoms with Crippen LogP contribution in [0, 0.1) is 0 Å². The summed E-state index contributed by atoms with van der Waals surface area (Å²) >= 11 is 0. The summed E-state index contributed by atoms with van der Waals surface area (Å²) in [6.45, 7) is 1.55. The van der Waals surface area contributed by atoms with Gasteiger partial charge in [-0.05, 0) is 24.6 Å². The highest BCUT2D eigenvalue weighted by Gasteiger charge is 2.30. The van der Waals surface area contributed by atoms with Gasteiger partial charge in [0.25, 0.3) is 5.56 Å². The molecule has 2 aromatic heterocycles. The molecule has 0 spiro atoms. The highest BCUT2D eigenvalue weighted by molar-refractivity contribution is 5.74. The second kappa shape index (κ2) is 7.39. The predicted octanol–water partition coefficient (Wildman–Crippen LogP) is 1.29. The smallest absolute Gasteiger partial charge is 0.392 e. The number of anilines is 1. The molecular weight excluding hydrogens is 391 g/mol. The van der Waals surface area contributed by atoms with Crippen molar-refractivity contribution in [1.82, 2.24) is 18.7 Å². The number of aromatic nitrogens is 4. The van der Waals surface area contributed by atoms with Gasteiger partial charge in [-0.1, -0.05) is 12.1 Å². The molecule has 0 saturated carbocycles. The lowest BCUT2D eigenvalue weighted by atomic mass is 10.1. The van der Waals surface area contributed by atoms with E-state index >= 15 is 0 Å². The van der Waals surface area contributed by atoms with E-state index in [4.69, 9.17) is 0 Å². The first-order chi connectivity index (χ1) is 13.5. The van der Waals surface area contributed by atoms with E-state index in [0.29, 0.717) is 5.56 Å². The van der Waals surface area contributed by atoms with E-state index < -0.39 is 29.1 Å². The van der Waals surface area contributed by atoms with Crippen LogP contribution < -0.4 is 16.6 Å². The van der Waals surface area contributed by atoms with Gasteiger partial charge in [-0.2, -0.15) is 18.2 Å². The van der Waals surface area contributed by atoms with Crippen LogP contribution in [-0.4, -0.2) is 36.4 Å². The van der Waals surface area contributed by atoms with Crippen molar-refractivity contribution in [1.29, 1.82) is 0 Å². The van der Waals surface area contributed by atoms with Crippen LogP contribution >= 0.6 is 0 Å². The first-order valence-electron chi connectivity index (χ1n) is 8.75. The molecule has 3 rings (SSSR count). The Kier molecular flexibility index (Phi) is 5.26. The summed E-state index contributed by atoms with van der Waals surface area (Å²) in [6, 6.07) is 4.75. The number of benzene rings is 1. The van der Waals surface area contributed by atoms with Crippen molar-refractivity contribution in [2.45, 2.75) is 25.7 Å². The van der Waals surface area contributed by atoms with Gasteiger partial charge in [0.05, 0.1) is 18.2 Å². The van der Waals surface area contributed by atoms with Crippen LogP contribution in [0.3, 0.4) is 0 Å². The Balaban J connectivity index is 2.21. The van der Waals surface area contributed by atoms with Crippen molar-refractivity contribution in [2.75, 3.05) is 11.9 Å². The zero-order valence-corrected chi connectivity index (χ0v) is 16.0. The minimum Gasteiger partial charge on any atom is -0.392 e. The third-order valence-electron chi connectivity index (χ3n) is 4.50. The Morgan fingerprint density at radius 1 is 1.21 bits per heavy atom. The minimum atomic E-state index is -4.50. The SMILES string of the molecule is C[C@H](O)CNc1nc2c(c(=O)n(C)c(=O)n2C)n1Cc1cccc(C(F)(F)F)c1. The van der Waals surface area contributed by atoms with Crippen molar-refractivity contribution in [3.63, 3.8) is 0 Å². The molecule has 0 bridgehead atoms. The maximum Gasteiger partial charge on any atom is 0.416 e. The molecule has 0 aliphatic rings. The average Bonchev–Trinajstić information content (AvgIpc) is 3.01. The lowest BCUT2D eigenvalue weighted by Gasteiger charge is -2.13. The number of nitrogens with zero attached hydrogens (tertiary/aromatic N) is 4. The zero-order chi connectivity index (χ0) is 21.5. The normalized spacial score (nSPS) is 13.1. The summed E-state index contributed by atoms with van der Waals surface area (Å²) in [5, 5.41) is 12.4. The molecule has 11 heteroatoms. The quantitative estimate of drug-likeness (QED) is 0.660. The number of alkyl halides is 3. The summed E-state index contributed by atoms with van der Waals surface area (Å²) < 4.78 is 42.7. The van der Waals surface area contributed by atoms with Crippen molar-refractivity contribution in [2.24, 2.45) is 14.1 Å². The van der Waals surface area contributed by atoms with Crippen LogP contribution in [0.5, 0.6) is 0 Å². The third-order valence-corrected chi connectivity index (χ3v) is 4.50. The largest absolute Gasteiger partial charge is 0.416 e. The van der Waals surface area contributed by atoms with E-state index in [0.717, 1.165) is 16.7 Å². The molecule has 1 aromatic carbocycles. The highest BCUT2D eigenvalue weighted by Crippen LogP contribution is 2.30. The van der Waals surface area contributed by atoms with Crippen molar-refractivity contribution >= 4 is 17.1 Å². The predicted molar refractivity (Wildman–Crippen MR) is 101 cm³/mol. The fourth-order valence-electron chi connectivity index (χ4n) is 3.00. The number of aliphatic hydroxyl groups is 1. The number of imidazole rings is 1. The number of fused-ring (bicyclic) bond motifs is 1. The molecule has 3 aromatic rings. The van der Waals surface area contributed by atoms with Crippen LogP contribution in [0.1, 0.15) is 18.1 Å².